The van der Waals surface area contributed by atoms with Crippen molar-refractivity contribution < 1.29 is 23.9 Å². The Morgan fingerprint density at radius 1 is 1.14 bits per heavy atom. The smallest absolute Gasteiger partial charge is 0.335 e. The van der Waals surface area contributed by atoms with Gasteiger partial charge in [-0.2, -0.15) is 4.57 Å². The highest BCUT2D eigenvalue weighted by Gasteiger charge is 2.27. The topological polar surface area (TPSA) is 59.6 Å². The monoisotopic (exact) mass is 286 g/mol. The van der Waals surface area contributed by atoms with Crippen LogP contribution < -0.4 is 4.57 Å². The minimum atomic E-state index is -0.914. The first kappa shape index (κ1) is 13.7. The first-order chi connectivity index (χ1) is 10.2. The van der Waals surface area contributed by atoms with Crippen LogP contribution in [0.25, 0.3) is 0 Å². The van der Waals surface area contributed by atoms with Crippen molar-refractivity contribution in [3.8, 4) is 0 Å². The Bertz CT molecular complexity index is 633. The lowest BCUT2D eigenvalue weighted by Gasteiger charge is -2.09. The van der Waals surface area contributed by atoms with Crippen molar-refractivity contribution in [2.75, 3.05) is 13.2 Å². The van der Waals surface area contributed by atoms with Crippen LogP contribution in [-0.4, -0.2) is 24.3 Å². The fraction of sp³-hybridized carbons (Fsp3) is 0.250. The number of carbonyl (C=O) groups is 1. The number of ether oxygens (including phenoxy) is 2. The maximum Gasteiger partial charge on any atom is 0.335 e. The summed E-state index contributed by atoms with van der Waals surface area (Å²) in [6.07, 6.45) is 1.63. The van der Waals surface area contributed by atoms with Crippen LogP contribution in [0, 0.1) is 0 Å². The minimum absolute atomic E-state index is 0.291. The lowest BCUT2D eigenvalue weighted by Crippen LogP contribution is -2.40. The van der Waals surface area contributed by atoms with E-state index in [0.717, 1.165) is 11.3 Å². The number of carboxylic acids is 1. The zero-order valence-corrected chi connectivity index (χ0v) is 11.4. The fourth-order valence-electron chi connectivity index (χ4n) is 2.33. The van der Waals surface area contributed by atoms with Crippen LogP contribution in [-0.2, 0) is 16.0 Å². The highest BCUT2D eigenvalue weighted by molar-refractivity contribution is 5.87. The van der Waals surface area contributed by atoms with Crippen molar-refractivity contribution in [3.05, 3.63) is 65.5 Å². The summed E-state index contributed by atoms with van der Waals surface area (Å²) in [5, 5.41) is 8.91. The molecule has 3 rings (SSSR count). The second kappa shape index (κ2) is 6.03. The molecule has 1 aliphatic heterocycles. The first-order valence-corrected chi connectivity index (χ1v) is 6.78. The molecule has 1 aromatic heterocycles. The molecule has 21 heavy (non-hydrogen) atoms. The highest BCUT2D eigenvalue weighted by atomic mass is 16.7. The number of benzene rings is 1. The zero-order chi connectivity index (χ0) is 14.7. The van der Waals surface area contributed by atoms with Crippen LogP contribution in [0.15, 0.2) is 48.7 Å². The molecule has 0 radical (unpaired) electrons. The largest absolute Gasteiger partial charge is 0.478 e. The summed E-state index contributed by atoms with van der Waals surface area (Å²) < 4.78 is 13.1. The number of hydrogen-bond acceptors (Lipinski definition) is 3. The summed E-state index contributed by atoms with van der Waals surface area (Å²) in [5.41, 5.74) is 2.27. The number of pyridine rings is 1. The molecule has 0 aliphatic carbocycles. The van der Waals surface area contributed by atoms with Gasteiger partial charge in [-0.1, -0.05) is 12.1 Å². The SMILES string of the molecule is O=C(O)c1ccc(C[n+]2ccccc2C2OCCO2)cc1. The van der Waals surface area contributed by atoms with Gasteiger partial charge in [-0.25, -0.2) is 4.79 Å². The van der Waals surface area contributed by atoms with E-state index < -0.39 is 5.97 Å². The molecule has 1 aromatic carbocycles. The van der Waals surface area contributed by atoms with Crippen LogP contribution in [0.4, 0.5) is 0 Å². The number of carboxylic acid groups (broad SMARTS) is 1. The van der Waals surface area contributed by atoms with E-state index in [1.807, 2.05) is 41.1 Å². The molecular weight excluding hydrogens is 270 g/mol. The summed E-state index contributed by atoms with van der Waals surface area (Å²) in [4.78, 5) is 10.9. The second-order valence-electron chi connectivity index (χ2n) is 4.83. The van der Waals surface area contributed by atoms with Gasteiger partial charge in [0.15, 0.2) is 12.7 Å². The number of rotatable bonds is 4. The predicted octanol–water partition coefficient (Wildman–Crippen LogP) is 1.77. The van der Waals surface area contributed by atoms with Gasteiger partial charge < -0.3 is 14.6 Å². The third-order valence-electron chi connectivity index (χ3n) is 3.39. The molecule has 0 bridgehead atoms. The quantitative estimate of drug-likeness (QED) is 0.870. The molecule has 2 heterocycles. The number of hydrogen-bond donors (Lipinski definition) is 1. The van der Waals surface area contributed by atoms with Gasteiger partial charge in [0.1, 0.15) is 0 Å². The average Bonchev–Trinajstić information content (AvgIpc) is 3.02. The molecule has 1 saturated heterocycles. The molecule has 0 unspecified atom stereocenters. The van der Waals surface area contributed by atoms with Crippen LogP contribution in [0.2, 0.25) is 0 Å². The van der Waals surface area contributed by atoms with Crippen molar-refractivity contribution in [2.24, 2.45) is 0 Å². The summed E-state index contributed by atoms with van der Waals surface area (Å²) in [7, 11) is 0. The van der Waals surface area contributed by atoms with Crippen molar-refractivity contribution in [2.45, 2.75) is 12.8 Å². The highest BCUT2D eigenvalue weighted by Crippen LogP contribution is 2.20. The average molecular weight is 286 g/mol. The Balaban J connectivity index is 1.82. The molecule has 0 spiro atoms. The number of nitrogens with zero attached hydrogens (tertiary/aromatic N) is 1. The maximum atomic E-state index is 10.9. The Morgan fingerprint density at radius 3 is 2.52 bits per heavy atom. The van der Waals surface area contributed by atoms with Crippen LogP contribution >= 0.6 is 0 Å². The van der Waals surface area contributed by atoms with E-state index >= 15 is 0 Å². The van der Waals surface area contributed by atoms with Gasteiger partial charge >= 0.3 is 5.97 Å². The van der Waals surface area contributed by atoms with Crippen molar-refractivity contribution in [3.63, 3.8) is 0 Å². The van der Waals surface area contributed by atoms with Gasteiger partial charge in [-0.15, -0.1) is 0 Å². The van der Waals surface area contributed by atoms with E-state index in [1.54, 1.807) is 12.1 Å². The molecule has 5 heteroatoms. The van der Waals surface area contributed by atoms with E-state index in [4.69, 9.17) is 14.6 Å². The predicted molar refractivity (Wildman–Crippen MR) is 73.8 cm³/mol. The van der Waals surface area contributed by atoms with Crippen molar-refractivity contribution >= 4 is 5.97 Å². The summed E-state index contributed by atoms with van der Waals surface area (Å²) in [6, 6.07) is 12.7. The molecule has 1 N–H and O–H groups in total. The van der Waals surface area contributed by atoms with Crippen LogP contribution in [0.1, 0.15) is 27.9 Å². The number of aromatic nitrogens is 1. The Morgan fingerprint density at radius 2 is 1.86 bits per heavy atom. The molecule has 2 aromatic rings. The minimum Gasteiger partial charge on any atom is -0.478 e. The Kier molecular flexibility index (Phi) is 3.94. The van der Waals surface area contributed by atoms with Crippen molar-refractivity contribution in [1.29, 1.82) is 0 Å². The van der Waals surface area contributed by atoms with E-state index in [0.29, 0.717) is 25.3 Å². The maximum absolute atomic E-state index is 10.9. The Labute approximate surface area is 122 Å². The summed E-state index contributed by atoms with van der Waals surface area (Å²) >= 11 is 0. The molecule has 1 aliphatic rings. The molecule has 0 amide bonds. The molecule has 0 saturated carbocycles. The Hall–Kier alpha value is -2.24. The van der Waals surface area contributed by atoms with E-state index in [-0.39, 0.29) is 6.29 Å². The van der Waals surface area contributed by atoms with Gasteiger partial charge in [0.2, 0.25) is 12.0 Å². The van der Waals surface area contributed by atoms with Gasteiger partial charge in [0, 0.05) is 17.7 Å². The standard InChI is InChI=1S/C16H15NO4/c18-15(19)13-6-4-12(5-7-13)11-17-8-2-1-3-14(17)16-20-9-10-21-16/h1-8,16H,9-11H2/p+1. The van der Waals surface area contributed by atoms with Gasteiger partial charge in [-0.3, -0.25) is 0 Å². The van der Waals surface area contributed by atoms with Gasteiger partial charge in [0.25, 0.3) is 0 Å². The van der Waals surface area contributed by atoms with Crippen molar-refractivity contribution in [1.82, 2.24) is 0 Å². The third-order valence-corrected chi connectivity index (χ3v) is 3.39. The van der Waals surface area contributed by atoms with E-state index in [1.165, 1.54) is 0 Å². The van der Waals surface area contributed by atoms with Crippen LogP contribution in [0.5, 0.6) is 0 Å². The van der Waals surface area contributed by atoms with E-state index in [9.17, 15) is 4.79 Å². The lowest BCUT2D eigenvalue weighted by molar-refractivity contribution is -0.701. The van der Waals surface area contributed by atoms with Crippen LogP contribution in [0.3, 0.4) is 0 Å². The molecule has 1 fully saturated rings. The van der Waals surface area contributed by atoms with Gasteiger partial charge in [0.05, 0.1) is 18.8 Å². The molecule has 108 valence electrons. The third kappa shape index (κ3) is 3.09. The number of aromatic carboxylic acids is 1. The lowest BCUT2D eigenvalue weighted by atomic mass is 10.1. The normalized spacial score (nSPS) is 15.2. The summed E-state index contributed by atoms with van der Waals surface area (Å²) in [6.45, 7) is 1.85. The molecule has 0 atom stereocenters. The molecule has 5 nitrogen and oxygen atoms in total. The fourth-order valence-corrected chi connectivity index (χ4v) is 2.33. The van der Waals surface area contributed by atoms with Gasteiger partial charge in [-0.05, 0) is 18.2 Å². The first-order valence-electron chi connectivity index (χ1n) is 6.78. The zero-order valence-electron chi connectivity index (χ0n) is 11.4. The van der Waals surface area contributed by atoms with E-state index in [2.05, 4.69) is 0 Å². The second-order valence-corrected chi connectivity index (χ2v) is 4.83. The summed E-state index contributed by atoms with van der Waals surface area (Å²) in [5.74, 6) is -0.914. The molecular formula is C16H16NO4+.